The number of amides is 1. The average Bonchev–Trinajstić information content (AvgIpc) is 3.21. The van der Waals surface area contributed by atoms with E-state index < -0.39 is 40.6 Å². The first kappa shape index (κ1) is 23.8. The van der Waals surface area contributed by atoms with Crippen LogP contribution in [0.2, 0.25) is 25.1 Å². The monoisotopic (exact) mass is 535 g/mol. The zero-order valence-electron chi connectivity index (χ0n) is 14.6. The molecule has 0 spiro atoms. The lowest BCUT2D eigenvalue weighted by atomic mass is 10.2. The van der Waals surface area contributed by atoms with Crippen LogP contribution in [0.3, 0.4) is 0 Å². The van der Waals surface area contributed by atoms with Gasteiger partial charge in [-0.2, -0.15) is 0 Å². The molecule has 1 N–H and O–H groups in total. The first-order valence-electron chi connectivity index (χ1n) is 7.90. The summed E-state index contributed by atoms with van der Waals surface area (Å²) in [5.74, 6) is -8.59. The fraction of sp³-hybridized carbons (Fsp3) is 0.0556. The van der Waals surface area contributed by atoms with Gasteiger partial charge in [0.2, 0.25) is 0 Å². The number of anilines is 1. The molecule has 13 heteroatoms. The highest BCUT2D eigenvalue weighted by atomic mass is 35.5. The Kier molecular flexibility index (Phi) is 7.18. The Morgan fingerprint density at radius 2 is 1.39 bits per heavy atom. The van der Waals surface area contributed by atoms with Crippen molar-refractivity contribution in [3.05, 3.63) is 78.1 Å². The van der Waals surface area contributed by atoms with Crippen molar-refractivity contribution < 1.29 is 31.5 Å². The second-order valence-electron chi connectivity index (χ2n) is 5.75. The van der Waals surface area contributed by atoms with Crippen molar-refractivity contribution in [3.63, 3.8) is 0 Å². The summed E-state index contributed by atoms with van der Waals surface area (Å²) in [5.41, 5.74) is -1.30. The van der Waals surface area contributed by atoms with E-state index in [9.17, 15) is 22.4 Å². The van der Waals surface area contributed by atoms with Crippen LogP contribution >= 0.6 is 58.0 Å². The van der Waals surface area contributed by atoms with Gasteiger partial charge in [0, 0.05) is 6.07 Å². The van der Waals surface area contributed by atoms with E-state index in [1.54, 1.807) is 5.32 Å². The molecule has 0 aliphatic heterocycles. The van der Waals surface area contributed by atoms with E-state index in [-0.39, 0.29) is 49.3 Å². The van der Waals surface area contributed by atoms with Gasteiger partial charge in [-0.15, -0.1) is 0 Å². The highest BCUT2D eigenvalue weighted by Gasteiger charge is 2.24. The topological polar surface area (TPSA) is 51.5 Å². The molecule has 0 fully saturated rings. The molecule has 2 aromatic carbocycles. The minimum absolute atomic E-state index is 0.00813. The van der Waals surface area contributed by atoms with Gasteiger partial charge in [0.05, 0.1) is 15.1 Å². The van der Waals surface area contributed by atoms with Crippen LogP contribution in [-0.4, -0.2) is 5.91 Å². The first-order valence-corrected chi connectivity index (χ1v) is 9.79. The van der Waals surface area contributed by atoms with E-state index in [0.29, 0.717) is 0 Å². The van der Waals surface area contributed by atoms with Gasteiger partial charge in [0.15, 0.2) is 34.8 Å². The van der Waals surface area contributed by atoms with Crippen LogP contribution in [-0.2, 0) is 6.61 Å². The average molecular weight is 538 g/mol. The van der Waals surface area contributed by atoms with Crippen molar-refractivity contribution in [3.8, 4) is 5.75 Å². The van der Waals surface area contributed by atoms with E-state index in [1.807, 2.05) is 0 Å². The van der Waals surface area contributed by atoms with Crippen molar-refractivity contribution >= 4 is 69.6 Å². The van der Waals surface area contributed by atoms with Crippen molar-refractivity contribution in [1.29, 1.82) is 0 Å². The summed E-state index contributed by atoms with van der Waals surface area (Å²) in [6.07, 6.45) is 0. The maximum absolute atomic E-state index is 13.7. The molecule has 1 heterocycles. The number of ether oxygens (including phenoxy) is 1. The second kappa shape index (κ2) is 9.34. The Balaban J connectivity index is 1.77. The first-order chi connectivity index (χ1) is 14.5. The minimum Gasteiger partial charge on any atom is -0.482 e. The summed E-state index contributed by atoms with van der Waals surface area (Å²) in [6.45, 7) is -0.321. The number of carbonyl (C=O) groups excluding carboxylic acids is 1. The Bertz CT molecular complexity index is 1150. The Morgan fingerprint density at radius 1 is 0.871 bits per heavy atom. The van der Waals surface area contributed by atoms with Crippen LogP contribution in [0, 0.1) is 23.3 Å². The highest BCUT2D eigenvalue weighted by Crippen LogP contribution is 2.48. The van der Waals surface area contributed by atoms with E-state index in [2.05, 4.69) is 0 Å². The zero-order valence-corrected chi connectivity index (χ0v) is 18.3. The second-order valence-corrected chi connectivity index (χ2v) is 7.64. The Morgan fingerprint density at radius 3 is 1.94 bits per heavy atom. The summed E-state index contributed by atoms with van der Waals surface area (Å²) >= 11 is 29.8. The summed E-state index contributed by atoms with van der Waals surface area (Å²) in [4.78, 5) is 12.1. The number of hydrogen-bond acceptors (Lipinski definition) is 3. The predicted molar refractivity (Wildman–Crippen MR) is 109 cm³/mol. The number of rotatable bonds is 5. The summed E-state index contributed by atoms with van der Waals surface area (Å²) < 4.78 is 64.5. The smallest absolute Gasteiger partial charge is 0.291 e. The lowest BCUT2D eigenvalue weighted by Gasteiger charge is -2.12. The molecule has 3 aromatic rings. The molecule has 0 saturated carbocycles. The normalized spacial score (nSPS) is 11.0. The molecule has 0 unspecified atom stereocenters. The molecule has 0 atom stereocenters. The van der Waals surface area contributed by atoms with Crippen molar-refractivity contribution in [2.45, 2.75) is 6.61 Å². The van der Waals surface area contributed by atoms with Gasteiger partial charge in [-0.05, 0) is 12.1 Å². The fourth-order valence-corrected chi connectivity index (χ4v) is 3.52. The maximum Gasteiger partial charge on any atom is 0.291 e. The molecule has 0 saturated heterocycles. The number of furan rings is 1. The quantitative estimate of drug-likeness (QED) is 0.204. The number of benzene rings is 2. The summed E-state index contributed by atoms with van der Waals surface area (Å²) in [7, 11) is 0. The van der Waals surface area contributed by atoms with Crippen LogP contribution < -0.4 is 10.1 Å². The van der Waals surface area contributed by atoms with Crippen LogP contribution in [0.1, 0.15) is 16.3 Å². The van der Waals surface area contributed by atoms with Gasteiger partial charge >= 0.3 is 0 Å². The van der Waals surface area contributed by atoms with Gasteiger partial charge in [-0.1, -0.05) is 58.0 Å². The van der Waals surface area contributed by atoms with Crippen molar-refractivity contribution in [2.75, 3.05) is 5.32 Å². The number of carbonyl (C=O) groups is 1. The molecule has 4 nitrogen and oxygen atoms in total. The summed E-state index contributed by atoms with van der Waals surface area (Å²) in [6, 6.07) is 2.42. The molecule has 31 heavy (non-hydrogen) atoms. The molecule has 0 aliphatic carbocycles. The molecule has 164 valence electrons. The predicted octanol–water partition coefficient (Wildman–Crippen LogP) is 7.93. The van der Waals surface area contributed by atoms with Gasteiger partial charge in [-0.3, -0.25) is 4.79 Å². The van der Waals surface area contributed by atoms with Crippen LogP contribution in [0.4, 0.5) is 23.2 Å². The highest BCUT2D eigenvalue weighted by molar-refractivity contribution is 6.55. The molecule has 0 bridgehead atoms. The van der Waals surface area contributed by atoms with Gasteiger partial charge in [0.25, 0.3) is 5.91 Å². The van der Waals surface area contributed by atoms with E-state index in [0.717, 1.165) is 6.07 Å². The lowest BCUT2D eigenvalue weighted by molar-refractivity contribution is 0.0991. The third-order valence-corrected chi connectivity index (χ3v) is 6.01. The van der Waals surface area contributed by atoms with Crippen LogP contribution in [0.15, 0.2) is 22.6 Å². The van der Waals surface area contributed by atoms with E-state index in [4.69, 9.17) is 67.2 Å². The maximum atomic E-state index is 13.7. The van der Waals surface area contributed by atoms with Gasteiger partial charge in [-0.25, -0.2) is 17.6 Å². The molecular formula is C18H6Cl5F4NO3. The summed E-state index contributed by atoms with van der Waals surface area (Å²) in [5, 5.41) is 1.20. The molecule has 3 rings (SSSR count). The Labute approximate surface area is 196 Å². The van der Waals surface area contributed by atoms with Crippen molar-refractivity contribution in [1.82, 2.24) is 0 Å². The standard InChI is InChI=1S/C18H6Cl5F4NO3/c19-9-10(20)12(22)17(13(23)11(9)21)30-4-5-1-2-8(31-5)18(29)28-16-14(26)6(24)3-7(25)15(16)27/h1-3H,4H2,(H,28,29). The molecule has 1 amide bonds. The SMILES string of the molecule is O=C(Nc1c(F)c(F)cc(F)c1F)c1ccc(COc2c(Cl)c(Cl)c(Cl)c(Cl)c2Cl)o1. The van der Waals surface area contributed by atoms with Gasteiger partial charge < -0.3 is 14.5 Å². The third kappa shape index (κ3) is 4.68. The zero-order chi connectivity index (χ0) is 23.0. The third-order valence-electron chi connectivity index (χ3n) is 3.76. The Hall–Kier alpha value is -1.84. The molecule has 0 radical (unpaired) electrons. The molecule has 1 aromatic heterocycles. The van der Waals surface area contributed by atoms with E-state index in [1.165, 1.54) is 6.07 Å². The number of halogens is 9. The van der Waals surface area contributed by atoms with Crippen LogP contribution in [0.5, 0.6) is 5.75 Å². The fourth-order valence-electron chi connectivity index (χ4n) is 2.29. The number of nitrogens with one attached hydrogen (secondary N) is 1. The molecular weight excluding hydrogens is 531 g/mol. The largest absolute Gasteiger partial charge is 0.482 e. The van der Waals surface area contributed by atoms with Crippen molar-refractivity contribution in [2.24, 2.45) is 0 Å². The number of hydrogen-bond donors (Lipinski definition) is 1. The van der Waals surface area contributed by atoms with E-state index >= 15 is 0 Å². The van der Waals surface area contributed by atoms with Crippen LogP contribution in [0.25, 0.3) is 0 Å². The van der Waals surface area contributed by atoms with Gasteiger partial charge in [0.1, 0.15) is 28.1 Å². The lowest BCUT2D eigenvalue weighted by Crippen LogP contribution is -2.15. The molecule has 0 aliphatic rings. The minimum atomic E-state index is -1.77.